The molecule has 166 valence electrons. The van der Waals surface area contributed by atoms with Gasteiger partial charge in [0.2, 0.25) is 0 Å². The van der Waals surface area contributed by atoms with Crippen LogP contribution in [0.15, 0.2) is 72.9 Å². The molecule has 7 heteroatoms. The summed E-state index contributed by atoms with van der Waals surface area (Å²) < 4.78 is 47.3. The Kier molecular flexibility index (Phi) is 6.44. The summed E-state index contributed by atoms with van der Waals surface area (Å²) in [4.78, 5) is 0. The van der Waals surface area contributed by atoms with Gasteiger partial charge in [0.15, 0.2) is 0 Å². The number of benzene rings is 3. The average Bonchev–Trinajstić information content (AvgIpc) is 3.09. The Balaban J connectivity index is 1.62. The molecular weight excluding hydrogens is 437 g/mol. The second-order valence-corrected chi connectivity index (χ2v) is 7.94. The van der Waals surface area contributed by atoms with E-state index < -0.39 is 11.7 Å². The lowest BCUT2D eigenvalue weighted by Gasteiger charge is -2.13. The first kappa shape index (κ1) is 22.2. The number of hydrogen-bond acceptors (Lipinski definition) is 2. The number of fused-ring (bicyclic) bond motifs is 1. The standard InChI is InChI=1S/C25H22ClF3N2O/c1-32-24-11-20-19(14-30-13-18-9-5-6-10-21(18)25(27,28)29)16-31(23(20)12-22(24)26)15-17-7-3-2-4-8-17/h2-12,16,30H,13-15H2,1H3. The molecule has 0 atom stereocenters. The third-order valence-corrected chi connectivity index (χ3v) is 5.68. The van der Waals surface area contributed by atoms with Crippen molar-refractivity contribution in [2.75, 3.05) is 7.11 Å². The Morgan fingerprint density at radius 1 is 0.938 bits per heavy atom. The lowest BCUT2D eigenvalue weighted by Crippen LogP contribution is -2.17. The normalized spacial score (nSPS) is 11.8. The molecule has 32 heavy (non-hydrogen) atoms. The van der Waals surface area contributed by atoms with Crippen molar-refractivity contribution in [3.05, 3.63) is 100 Å². The fraction of sp³-hybridized carbons (Fsp3) is 0.200. The Morgan fingerprint density at radius 3 is 2.34 bits per heavy atom. The molecule has 1 heterocycles. The summed E-state index contributed by atoms with van der Waals surface area (Å²) >= 11 is 6.37. The first-order valence-electron chi connectivity index (χ1n) is 10.1. The Labute approximate surface area is 189 Å². The smallest absolute Gasteiger partial charge is 0.416 e. The van der Waals surface area contributed by atoms with Gasteiger partial charge in [-0.25, -0.2) is 0 Å². The Bertz CT molecular complexity index is 1220. The summed E-state index contributed by atoms with van der Waals surface area (Å²) in [5.41, 5.74) is 2.62. The minimum absolute atomic E-state index is 0.103. The predicted octanol–water partition coefficient (Wildman–Crippen LogP) is 6.66. The number of hydrogen-bond donors (Lipinski definition) is 1. The number of rotatable bonds is 7. The molecule has 1 aromatic heterocycles. The summed E-state index contributed by atoms with van der Waals surface area (Å²) in [6.07, 6.45) is -2.37. The van der Waals surface area contributed by atoms with E-state index in [0.29, 0.717) is 23.9 Å². The van der Waals surface area contributed by atoms with Gasteiger partial charge in [-0.15, -0.1) is 0 Å². The molecule has 0 saturated heterocycles. The van der Waals surface area contributed by atoms with Gasteiger partial charge in [0.05, 0.1) is 23.2 Å². The SMILES string of the molecule is COc1cc2c(CNCc3ccccc3C(F)(F)F)cn(Cc3ccccc3)c2cc1Cl. The molecule has 1 N–H and O–H groups in total. The number of halogens is 4. The lowest BCUT2D eigenvalue weighted by molar-refractivity contribution is -0.138. The minimum atomic E-state index is -4.38. The number of alkyl halides is 3. The van der Waals surface area contributed by atoms with E-state index in [2.05, 4.69) is 9.88 Å². The van der Waals surface area contributed by atoms with E-state index in [1.54, 1.807) is 13.2 Å². The predicted molar refractivity (Wildman–Crippen MR) is 121 cm³/mol. The maximum atomic E-state index is 13.3. The second kappa shape index (κ2) is 9.27. The fourth-order valence-electron chi connectivity index (χ4n) is 3.86. The van der Waals surface area contributed by atoms with Gasteiger partial charge >= 0.3 is 6.18 Å². The quantitative estimate of drug-likeness (QED) is 0.335. The van der Waals surface area contributed by atoms with E-state index in [9.17, 15) is 13.2 Å². The zero-order valence-electron chi connectivity index (χ0n) is 17.4. The number of ether oxygens (including phenoxy) is 1. The summed E-state index contributed by atoms with van der Waals surface area (Å²) in [6, 6.07) is 19.4. The van der Waals surface area contributed by atoms with E-state index in [1.165, 1.54) is 12.1 Å². The van der Waals surface area contributed by atoms with Gasteiger partial charge in [-0.3, -0.25) is 0 Å². The van der Waals surface area contributed by atoms with Crippen molar-refractivity contribution in [2.24, 2.45) is 0 Å². The number of aromatic nitrogens is 1. The third kappa shape index (κ3) is 4.76. The molecule has 0 fully saturated rings. The molecule has 0 aliphatic carbocycles. The fourth-order valence-corrected chi connectivity index (χ4v) is 4.09. The highest BCUT2D eigenvalue weighted by molar-refractivity contribution is 6.32. The molecule has 4 aromatic rings. The average molecular weight is 459 g/mol. The van der Waals surface area contributed by atoms with Gasteiger partial charge in [-0.05, 0) is 34.9 Å². The molecule has 3 nitrogen and oxygen atoms in total. The van der Waals surface area contributed by atoms with Crippen LogP contribution in [0, 0.1) is 0 Å². The van der Waals surface area contributed by atoms with E-state index in [4.69, 9.17) is 16.3 Å². The van der Waals surface area contributed by atoms with Gasteiger partial charge < -0.3 is 14.6 Å². The van der Waals surface area contributed by atoms with Crippen molar-refractivity contribution < 1.29 is 17.9 Å². The van der Waals surface area contributed by atoms with Crippen LogP contribution < -0.4 is 10.1 Å². The molecule has 0 saturated carbocycles. The molecule has 3 aromatic carbocycles. The van der Waals surface area contributed by atoms with E-state index in [-0.39, 0.29) is 12.1 Å². The molecule has 0 aliphatic heterocycles. The van der Waals surface area contributed by atoms with Gasteiger partial charge in [0.1, 0.15) is 5.75 Å². The summed E-state index contributed by atoms with van der Waals surface area (Å²) in [5, 5.41) is 4.61. The van der Waals surface area contributed by atoms with Crippen molar-refractivity contribution in [3.8, 4) is 5.75 Å². The van der Waals surface area contributed by atoms with Crippen LogP contribution in [-0.4, -0.2) is 11.7 Å². The molecule has 4 rings (SSSR count). The van der Waals surface area contributed by atoms with Crippen LogP contribution in [0.5, 0.6) is 5.75 Å². The van der Waals surface area contributed by atoms with Crippen LogP contribution in [0.1, 0.15) is 22.3 Å². The highest BCUT2D eigenvalue weighted by atomic mass is 35.5. The number of methoxy groups -OCH3 is 1. The molecular formula is C25H22ClF3N2O. The summed E-state index contributed by atoms with van der Waals surface area (Å²) in [6.45, 7) is 1.15. The summed E-state index contributed by atoms with van der Waals surface area (Å²) in [7, 11) is 1.56. The maximum Gasteiger partial charge on any atom is 0.416 e. The molecule has 0 unspecified atom stereocenters. The lowest BCUT2D eigenvalue weighted by atomic mass is 10.1. The van der Waals surface area contributed by atoms with Crippen molar-refractivity contribution in [1.29, 1.82) is 0 Å². The number of nitrogens with one attached hydrogen (secondary N) is 1. The zero-order valence-corrected chi connectivity index (χ0v) is 18.2. The van der Waals surface area contributed by atoms with Crippen LogP contribution in [0.2, 0.25) is 5.02 Å². The maximum absolute atomic E-state index is 13.3. The first-order chi connectivity index (χ1) is 15.4. The van der Waals surface area contributed by atoms with Crippen LogP contribution in [0.3, 0.4) is 0 Å². The van der Waals surface area contributed by atoms with Gasteiger partial charge in [-0.2, -0.15) is 13.2 Å². The van der Waals surface area contributed by atoms with Crippen molar-refractivity contribution in [2.45, 2.75) is 25.8 Å². The van der Waals surface area contributed by atoms with Gasteiger partial charge in [-0.1, -0.05) is 60.1 Å². The summed E-state index contributed by atoms with van der Waals surface area (Å²) in [5.74, 6) is 0.556. The van der Waals surface area contributed by atoms with Crippen LogP contribution in [-0.2, 0) is 25.8 Å². The van der Waals surface area contributed by atoms with Crippen LogP contribution >= 0.6 is 11.6 Å². The number of nitrogens with zero attached hydrogens (tertiary/aromatic N) is 1. The van der Waals surface area contributed by atoms with E-state index in [1.807, 2.05) is 48.7 Å². The van der Waals surface area contributed by atoms with Crippen molar-refractivity contribution in [1.82, 2.24) is 9.88 Å². The monoisotopic (exact) mass is 458 g/mol. The molecule has 0 spiro atoms. The highest BCUT2D eigenvalue weighted by Gasteiger charge is 2.32. The van der Waals surface area contributed by atoms with Crippen molar-refractivity contribution >= 4 is 22.5 Å². The van der Waals surface area contributed by atoms with Crippen LogP contribution in [0.4, 0.5) is 13.2 Å². The second-order valence-electron chi connectivity index (χ2n) is 7.53. The molecule has 0 radical (unpaired) electrons. The molecule has 0 amide bonds. The minimum Gasteiger partial charge on any atom is -0.495 e. The van der Waals surface area contributed by atoms with E-state index >= 15 is 0 Å². The van der Waals surface area contributed by atoms with Gasteiger partial charge in [0, 0.05) is 31.2 Å². The largest absolute Gasteiger partial charge is 0.495 e. The Hall–Kier alpha value is -2.96. The molecule has 0 aliphatic rings. The van der Waals surface area contributed by atoms with E-state index in [0.717, 1.165) is 28.1 Å². The van der Waals surface area contributed by atoms with Gasteiger partial charge in [0.25, 0.3) is 0 Å². The molecule has 0 bridgehead atoms. The van der Waals surface area contributed by atoms with Crippen LogP contribution in [0.25, 0.3) is 10.9 Å². The highest BCUT2D eigenvalue weighted by Crippen LogP contribution is 2.34. The Morgan fingerprint density at radius 2 is 1.62 bits per heavy atom. The topological polar surface area (TPSA) is 26.2 Å². The first-order valence-corrected chi connectivity index (χ1v) is 10.5. The van der Waals surface area contributed by atoms with Crippen molar-refractivity contribution in [3.63, 3.8) is 0 Å². The zero-order chi connectivity index (χ0) is 22.7. The third-order valence-electron chi connectivity index (χ3n) is 5.39.